The van der Waals surface area contributed by atoms with Crippen molar-refractivity contribution in [2.75, 3.05) is 6.61 Å². The lowest BCUT2D eigenvalue weighted by atomic mass is 9.99. The van der Waals surface area contributed by atoms with E-state index in [0.717, 1.165) is 16.8 Å². The van der Waals surface area contributed by atoms with Crippen molar-refractivity contribution in [3.63, 3.8) is 0 Å². The van der Waals surface area contributed by atoms with Gasteiger partial charge in [0.1, 0.15) is 16.1 Å². The molecule has 2 unspecified atom stereocenters. The standard InChI is InChI=1S/C11H16ClN2O14P3/c1-9(12)7(14-3-2-6(15)13-8(14)16)26-10(4-11(9,10)17)5-25-30(21,22)28-31(23,24)27-29(18,19)20/h2-3,7,17H,4-5H2,1H3,(H,21,22)(H,23,24)(H,13,15,16)(H2,18,19,20)/t7-,9+,10-,11+/m1/s1. The zero-order chi connectivity index (χ0) is 23.7. The van der Waals surface area contributed by atoms with Crippen molar-refractivity contribution >= 4 is 35.1 Å². The molecule has 2 fully saturated rings. The van der Waals surface area contributed by atoms with Gasteiger partial charge in [0.05, 0.1) is 6.61 Å². The Labute approximate surface area is 176 Å². The first-order valence-corrected chi connectivity index (χ1v) is 12.9. The summed E-state index contributed by atoms with van der Waals surface area (Å²) in [6.45, 7) is 0.348. The van der Waals surface area contributed by atoms with Gasteiger partial charge in [-0.05, 0) is 6.92 Å². The number of fused-ring (bicyclic) bond motifs is 1. The molecule has 1 aromatic heterocycles. The van der Waals surface area contributed by atoms with Crippen LogP contribution >= 0.6 is 35.1 Å². The molecule has 1 saturated heterocycles. The zero-order valence-electron chi connectivity index (χ0n) is 15.2. The van der Waals surface area contributed by atoms with Crippen molar-refractivity contribution in [1.82, 2.24) is 9.55 Å². The molecule has 16 nitrogen and oxygen atoms in total. The van der Waals surface area contributed by atoms with Crippen molar-refractivity contribution in [2.45, 2.75) is 35.6 Å². The summed E-state index contributed by atoms with van der Waals surface area (Å²) in [4.78, 5) is 59.4. The van der Waals surface area contributed by atoms with Crippen LogP contribution in [0.5, 0.6) is 0 Å². The maximum absolute atomic E-state index is 12.0. The van der Waals surface area contributed by atoms with Crippen LogP contribution in [0.3, 0.4) is 0 Å². The van der Waals surface area contributed by atoms with Crippen LogP contribution in [0.1, 0.15) is 19.6 Å². The summed E-state index contributed by atoms with van der Waals surface area (Å²) >= 11 is 6.40. The fourth-order valence-electron chi connectivity index (χ4n) is 3.28. The Morgan fingerprint density at radius 3 is 2.39 bits per heavy atom. The van der Waals surface area contributed by atoms with E-state index in [-0.39, 0.29) is 6.42 Å². The Morgan fingerprint density at radius 1 is 1.23 bits per heavy atom. The molecule has 1 aromatic rings. The Morgan fingerprint density at radius 2 is 1.84 bits per heavy atom. The summed E-state index contributed by atoms with van der Waals surface area (Å²) in [6, 6.07) is 0.991. The molecule has 176 valence electrons. The quantitative estimate of drug-likeness (QED) is 0.180. The highest BCUT2D eigenvalue weighted by molar-refractivity contribution is 7.66. The van der Waals surface area contributed by atoms with Crippen LogP contribution in [0.25, 0.3) is 0 Å². The number of phosphoric acid groups is 3. The molecule has 20 heteroatoms. The molecule has 0 spiro atoms. The molecule has 0 aromatic carbocycles. The molecule has 6 N–H and O–H groups in total. The van der Waals surface area contributed by atoms with Crippen molar-refractivity contribution in [1.29, 1.82) is 0 Å². The van der Waals surface area contributed by atoms with Crippen LogP contribution in [0.4, 0.5) is 0 Å². The number of nitrogens with zero attached hydrogens (tertiary/aromatic N) is 1. The first-order valence-electron chi connectivity index (χ1n) is 8.02. The molecule has 2 aliphatic rings. The second kappa shape index (κ2) is 7.40. The monoisotopic (exact) mass is 528 g/mol. The fourth-order valence-corrected chi connectivity index (χ4v) is 6.73. The van der Waals surface area contributed by atoms with Crippen molar-refractivity contribution < 1.29 is 56.3 Å². The van der Waals surface area contributed by atoms with Crippen LogP contribution in [0, 0.1) is 0 Å². The summed E-state index contributed by atoms with van der Waals surface area (Å²) in [5.74, 6) is 0. The number of hydrogen-bond acceptors (Lipinski definition) is 10. The second-order valence-electron chi connectivity index (χ2n) is 6.96. The molecule has 3 rings (SSSR count). The van der Waals surface area contributed by atoms with E-state index in [0.29, 0.717) is 0 Å². The van der Waals surface area contributed by atoms with E-state index in [1.807, 2.05) is 4.98 Å². The Hall–Kier alpha value is -0.700. The van der Waals surface area contributed by atoms with Gasteiger partial charge in [-0.3, -0.25) is 18.9 Å². The average Bonchev–Trinajstić information content (AvgIpc) is 3.10. The van der Waals surface area contributed by atoms with Gasteiger partial charge in [0.2, 0.25) is 0 Å². The minimum Gasteiger partial charge on any atom is -0.385 e. The minimum atomic E-state index is -5.73. The number of H-pyrrole nitrogens is 1. The molecular formula is C11H16ClN2O14P3. The largest absolute Gasteiger partial charge is 0.490 e. The molecule has 6 atom stereocenters. The Kier molecular flexibility index (Phi) is 5.95. The van der Waals surface area contributed by atoms with Crippen LogP contribution in [0.2, 0.25) is 0 Å². The molecule has 2 heterocycles. The van der Waals surface area contributed by atoms with Gasteiger partial charge in [-0.2, -0.15) is 8.62 Å². The summed E-state index contributed by atoms with van der Waals surface area (Å²) in [5, 5.41) is 10.8. The normalized spacial score (nSPS) is 36.4. The SMILES string of the molecule is C[C@]1(Cl)[C@H](n2ccc(=O)[nH]c2=O)O[C@@]2(COP(=O)(O)OP(=O)(O)OP(=O)(O)O)C[C@@]21O. The maximum atomic E-state index is 12.0. The van der Waals surface area contributed by atoms with Gasteiger partial charge in [-0.15, -0.1) is 11.6 Å². The number of aromatic nitrogens is 2. The van der Waals surface area contributed by atoms with Gasteiger partial charge in [0.15, 0.2) is 6.23 Å². The van der Waals surface area contributed by atoms with E-state index < -0.39 is 63.6 Å². The number of hydrogen-bond donors (Lipinski definition) is 6. The number of alkyl halides is 1. The smallest absolute Gasteiger partial charge is 0.385 e. The van der Waals surface area contributed by atoms with Gasteiger partial charge in [0, 0.05) is 18.7 Å². The zero-order valence-corrected chi connectivity index (χ0v) is 18.7. The molecule has 1 aliphatic carbocycles. The number of halogens is 1. The van der Waals surface area contributed by atoms with Gasteiger partial charge < -0.3 is 29.4 Å². The van der Waals surface area contributed by atoms with E-state index in [2.05, 4.69) is 13.1 Å². The highest BCUT2D eigenvalue weighted by atomic mass is 35.5. The third-order valence-corrected chi connectivity index (χ3v) is 9.04. The number of rotatable bonds is 8. The van der Waals surface area contributed by atoms with Crippen LogP contribution in [0.15, 0.2) is 21.9 Å². The van der Waals surface area contributed by atoms with Crippen molar-refractivity contribution in [3.8, 4) is 0 Å². The maximum Gasteiger partial charge on any atom is 0.490 e. The minimum absolute atomic E-state index is 0.246. The highest BCUT2D eigenvalue weighted by Crippen LogP contribution is 2.71. The first kappa shape index (κ1) is 24.9. The van der Waals surface area contributed by atoms with Gasteiger partial charge in [-0.25, -0.2) is 18.5 Å². The second-order valence-corrected chi connectivity index (χ2v) is 12.2. The highest BCUT2D eigenvalue weighted by Gasteiger charge is 2.84. The van der Waals surface area contributed by atoms with E-state index >= 15 is 0 Å². The Bertz CT molecular complexity index is 1160. The number of phosphoric ester groups is 1. The summed E-state index contributed by atoms with van der Waals surface area (Å²) in [7, 11) is -16.8. The van der Waals surface area contributed by atoms with Gasteiger partial charge in [0.25, 0.3) is 5.56 Å². The summed E-state index contributed by atoms with van der Waals surface area (Å²) in [6.07, 6.45) is -0.567. The van der Waals surface area contributed by atoms with Crippen LogP contribution in [-0.2, 0) is 31.6 Å². The molecule has 0 bridgehead atoms. The molecule has 0 radical (unpaired) electrons. The predicted molar refractivity (Wildman–Crippen MR) is 97.8 cm³/mol. The van der Waals surface area contributed by atoms with E-state index in [9.17, 15) is 33.3 Å². The lowest BCUT2D eigenvalue weighted by molar-refractivity contribution is -0.0702. The first-order chi connectivity index (χ1) is 13.8. The van der Waals surface area contributed by atoms with E-state index in [4.69, 9.17) is 31.0 Å². The number of ether oxygens (including phenoxy) is 1. The number of nitrogens with one attached hydrogen (secondary N) is 1. The molecule has 1 aliphatic heterocycles. The summed E-state index contributed by atoms with van der Waals surface area (Å²) in [5.41, 5.74) is -5.30. The van der Waals surface area contributed by atoms with Gasteiger partial charge >= 0.3 is 29.2 Å². The molecule has 31 heavy (non-hydrogen) atoms. The molecular weight excluding hydrogens is 512 g/mol. The Balaban J connectivity index is 1.78. The lowest BCUT2D eigenvalue weighted by Gasteiger charge is -2.30. The van der Waals surface area contributed by atoms with Crippen LogP contribution < -0.4 is 11.2 Å². The van der Waals surface area contributed by atoms with Crippen molar-refractivity contribution in [2.24, 2.45) is 0 Å². The average molecular weight is 529 g/mol. The molecule has 1 saturated carbocycles. The summed E-state index contributed by atoms with van der Waals surface area (Å²) < 4.78 is 52.2. The molecule has 0 amide bonds. The van der Waals surface area contributed by atoms with Gasteiger partial charge in [-0.1, -0.05) is 0 Å². The number of aliphatic hydroxyl groups is 1. The fraction of sp³-hybridized carbons (Fsp3) is 0.636. The van der Waals surface area contributed by atoms with E-state index in [1.54, 1.807) is 0 Å². The third kappa shape index (κ3) is 4.68. The number of aromatic amines is 1. The van der Waals surface area contributed by atoms with Crippen molar-refractivity contribution in [3.05, 3.63) is 33.1 Å². The topological polar surface area (TPSA) is 244 Å². The third-order valence-electron chi connectivity index (χ3n) is 4.76. The predicted octanol–water partition coefficient (Wildman–Crippen LogP) is -0.720. The van der Waals surface area contributed by atoms with E-state index in [1.165, 1.54) is 6.92 Å². The lowest BCUT2D eigenvalue weighted by Crippen LogP contribution is -2.45. The van der Waals surface area contributed by atoms with Crippen LogP contribution in [-0.4, -0.2) is 56.9 Å².